The minimum atomic E-state index is -3.87. The van der Waals surface area contributed by atoms with E-state index in [1.807, 2.05) is 6.92 Å². The van der Waals surface area contributed by atoms with Crippen LogP contribution in [0.4, 0.5) is 20.6 Å². The Morgan fingerprint density at radius 1 is 1.03 bits per heavy atom. The SMILES string of the molecule is Cc1ccc(S(=O)(=O)N(C)CC(=O)Nc2ccc(F)c(NC(=O)OC(C)(C)C)c2)cc1C. The zero-order chi connectivity index (χ0) is 24.3. The van der Waals surface area contributed by atoms with Crippen LogP contribution in [0.5, 0.6) is 0 Å². The van der Waals surface area contributed by atoms with E-state index in [9.17, 15) is 22.4 Å². The van der Waals surface area contributed by atoms with E-state index in [-0.39, 0.29) is 16.3 Å². The summed E-state index contributed by atoms with van der Waals surface area (Å²) in [7, 11) is -2.58. The van der Waals surface area contributed by atoms with Gasteiger partial charge < -0.3 is 10.1 Å². The first-order valence-corrected chi connectivity index (χ1v) is 11.3. The molecule has 0 fully saturated rings. The highest BCUT2D eigenvalue weighted by Gasteiger charge is 2.24. The molecule has 0 saturated carbocycles. The van der Waals surface area contributed by atoms with Crippen LogP contribution >= 0.6 is 0 Å². The van der Waals surface area contributed by atoms with E-state index in [1.165, 1.54) is 25.2 Å². The molecule has 2 amide bonds. The van der Waals surface area contributed by atoms with Crippen molar-refractivity contribution in [3.05, 3.63) is 53.3 Å². The van der Waals surface area contributed by atoms with Crippen LogP contribution in [0.2, 0.25) is 0 Å². The Labute approximate surface area is 187 Å². The quantitative estimate of drug-likeness (QED) is 0.670. The molecule has 0 aliphatic heterocycles. The van der Waals surface area contributed by atoms with Gasteiger partial charge in [0.15, 0.2) is 0 Å². The summed E-state index contributed by atoms with van der Waals surface area (Å²) in [5, 5.41) is 4.79. The smallest absolute Gasteiger partial charge is 0.412 e. The molecule has 0 aliphatic carbocycles. The molecular weight excluding hydrogens is 437 g/mol. The fourth-order valence-corrected chi connectivity index (χ4v) is 3.87. The maximum atomic E-state index is 14.0. The molecule has 174 valence electrons. The topological polar surface area (TPSA) is 105 Å². The fraction of sp³-hybridized carbons (Fsp3) is 0.364. The Bertz CT molecular complexity index is 1130. The Hall–Kier alpha value is -2.98. The van der Waals surface area contributed by atoms with Crippen molar-refractivity contribution in [1.82, 2.24) is 4.31 Å². The number of anilines is 2. The minimum Gasteiger partial charge on any atom is -0.444 e. The number of aryl methyl sites for hydroxylation is 2. The third-order valence-corrected chi connectivity index (χ3v) is 6.24. The molecule has 2 rings (SSSR count). The van der Waals surface area contributed by atoms with Crippen molar-refractivity contribution in [2.75, 3.05) is 24.2 Å². The molecule has 0 bridgehead atoms. The molecule has 32 heavy (non-hydrogen) atoms. The van der Waals surface area contributed by atoms with Crippen molar-refractivity contribution in [3.63, 3.8) is 0 Å². The molecule has 8 nitrogen and oxygen atoms in total. The van der Waals surface area contributed by atoms with Gasteiger partial charge in [-0.05, 0) is 76.1 Å². The number of carbonyl (C=O) groups excluding carboxylic acids is 2. The first kappa shape index (κ1) is 25.3. The largest absolute Gasteiger partial charge is 0.444 e. The van der Waals surface area contributed by atoms with E-state index in [0.29, 0.717) is 0 Å². The number of amides is 2. The lowest BCUT2D eigenvalue weighted by atomic mass is 10.1. The van der Waals surface area contributed by atoms with Gasteiger partial charge in [-0.15, -0.1) is 0 Å². The average molecular weight is 466 g/mol. The number of carbonyl (C=O) groups is 2. The highest BCUT2D eigenvalue weighted by Crippen LogP contribution is 2.22. The third kappa shape index (κ3) is 6.76. The second kappa shape index (κ2) is 9.66. The monoisotopic (exact) mass is 465 g/mol. The summed E-state index contributed by atoms with van der Waals surface area (Å²) >= 11 is 0. The molecule has 0 spiro atoms. The van der Waals surface area contributed by atoms with Crippen LogP contribution < -0.4 is 10.6 Å². The van der Waals surface area contributed by atoms with Gasteiger partial charge in [0.05, 0.1) is 17.1 Å². The number of hydrogen-bond donors (Lipinski definition) is 2. The summed E-state index contributed by atoms with van der Waals surface area (Å²) in [5.74, 6) is -1.35. The van der Waals surface area contributed by atoms with Crippen molar-refractivity contribution < 1.29 is 27.1 Å². The molecule has 0 unspecified atom stereocenters. The zero-order valence-corrected chi connectivity index (χ0v) is 19.8. The Morgan fingerprint density at radius 3 is 2.28 bits per heavy atom. The molecule has 0 aliphatic rings. The first-order valence-electron chi connectivity index (χ1n) is 9.82. The molecule has 0 atom stereocenters. The van der Waals surface area contributed by atoms with Crippen molar-refractivity contribution >= 4 is 33.4 Å². The normalized spacial score (nSPS) is 11.9. The van der Waals surface area contributed by atoms with Crippen molar-refractivity contribution in [3.8, 4) is 0 Å². The van der Waals surface area contributed by atoms with Crippen LogP contribution in [0.3, 0.4) is 0 Å². The Kier molecular flexibility index (Phi) is 7.63. The van der Waals surface area contributed by atoms with Crippen molar-refractivity contribution in [2.24, 2.45) is 0 Å². The lowest BCUT2D eigenvalue weighted by Gasteiger charge is -2.20. The Balaban J connectivity index is 2.09. The summed E-state index contributed by atoms with van der Waals surface area (Å²) < 4.78 is 45.6. The first-order chi connectivity index (χ1) is 14.7. The number of nitrogens with zero attached hydrogens (tertiary/aromatic N) is 1. The maximum absolute atomic E-state index is 14.0. The fourth-order valence-electron chi connectivity index (χ4n) is 2.65. The van der Waals surface area contributed by atoms with E-state index >= 15 is 0 Å². The van der Waals surface area contributed by atoms with Gasteiger partial charge in [-0.3, -0.25) is 10.1 Å². The van der Waals surface area contributed by atoms with Gasteiger partial charge >= 0.3 is 6.09 Å². The van der Waals surface area contributed by atoms with Crippen molar-refractivity contribution in [2.45, 2.75) is 45.1 Å². The number of likely N-dealkylation sites (N-methyl/N-ethyl adjacent to an activating group) is 1. The predicted octanol–water partition coefficient (Wildman–Crippen LogP) is 4.05. The molecule has 0 radical (unpaired) electrons. The van der Waals surface area contributed by atoms with Gasteiger partial charge in [-0.2, -0.15) is 4.31 Å². The summed E-state index contributed by atoms with van der Waals surface area (Å²) in [6.45, 7) is 8.23. The zero-order valence-electron chi connectivity index (χ0n) is 18.9. The second-order valence-corrected chi connectivity index (χ2v) is 10.4. The van der Waals surface area contributed by atoms with Gasteiger partial charge in [-0.25, -0.2) is 17.6 Å². The summed E-state index contributed by atoms with van der Waals surface area (Å²) in [4.78, 5) is 24.4. The van der Waals surface area contributed by atoms with Gasteiger partial charge in [0, 0.05) is 12.7 Å². The number of nitrogens with one attached hydrogen (secondary N) is 2. The lowest BCUT2D eigenvalue weighted by molar-refractivity contribution is -0.116. The van der Waals surface area contributed by atoms with E-state index < -0.39 is 40.0 Å². The van der Waals surface area contributed by atoms with Crippen LogP contribution in [0.1, 0.15) is 31.9 Å². The number of ether oxygens (including phenoxy) is 1. The molecule has 0 saturated heterocycles. The van der Waals surface area contributed by atoms with Crippen LogP contribution in [0.15, 0.2) is 41.3 Å². The average Bonchev–Trinajstić information content (AvgIpc) is 2.64. The molecule has 0 aromatic heterocycles. The molecule has 2 N–H and O–H groups in total. The molecule has 0 heterocycles. The molecule has 10 heteroatoms. The van der Waals surface area contributed by atoms with E-state index in [0.717, 1.165) is 21.5 Å². The number of hydrogen-bond acceptors (Lipinski definition) is 5. The standard InChI is InChI=1S/C22H28FN3O5S/c1-14-7-9-17(11-15(14)2)32(29,30)26(6)13-20(27)24-16-8-10-18(23)19(12-16)25-21(28)31-22(3,4)5/h7-12H,13H2,1-6H3,(H,24,27)(H,25,28). The molecule has 2 aromatic rings. The van der Waals surface area contributed by atoms with Crippen LogP contribution in [-0.4, -0.2) is 43.9 Å². The van der Waals surface area contributed by atoms with Crippen molar-refractivity contribution in [1.29, 1.82) is 0 Å². The van der Waals surface area contributed by atoms with Gasteiger partial charge in [0.25, 0.3) is 0 Å². The predicted molar refractivity (Wildman–Crippen MR) is 121 cm³/mol. The maximum Gasteiger partial charge on any atom is 0.412 e. The molecular formula is C22H28FN3O5S. The van der Waals surface area contributed by atoms with Gasteiger partial charge in [0.2, 0.25) is 15.9 Å². The number of halogens is 1. The van der Waals surface area contributed by atoms with E-state index in [2.05, 4.69) is 10.6 Å². The number of sulfonamides is 1. The summed E-state index contributed by atoms with van der Waals surface area (Å²) in [5.41, 5.74) is 1.00. The van der Waals surface area contributed by atoms with Crippen LogP contribution in [0.25, 0.3) is 0 Å². The van der Waals surface area contributed by atoms with Crippen LogP contribution in [-0.2, 0) is 19.6 Å². The van der Waals surface area contributed by atoms with E-state index in [4.69, 9.17) is 4.74 Å². The minimum absolute atomic E-state index is 0.0847. The van der Waals surface area contributed by atoms with Gasteiger partial charge in [0.1, 0.15) is 11.4 Å². The summed E-state index contributed by atoms with van der Waals surface area (Å²) in [6, 6.07) is 8.32. The molecule has 2 aromatic carbocycles. The Morgan fingerprint density at radius 2 is 1.69 bits per heavy atom. The lowest BCUT2D eigenvalue weighted by Crippen LogP contribution is -2.35. The second-order valence-electron chi connectivity index (χ2n) is 8.38. The van der Waals surface area contributed by atoms with Gasteiger partial charge in [-0.1, -0.05) is 6.07 Å². The highest BCUT2D eigenvalue weighted by molar-refractivity contribution is 7.89. The van der Waals surface area contributed by atoms with Crippen LogP contribution in [0, 0.1) is 19.7 Å². The number of benzene rings is 2. The van der Waals surface area contributed by atoms with E-state index in [1.54, 1.807) is 39.8 Å². The highest BCUT2D eigenvalue weighted by atomic mass is 32.2. The number of rotatable bonds is 6. The summed E-state index contributed by atoms with van der Waals surface area (Å²) in [6.07, 6.45) is -0.848. The third-order valence-electron chi connectivity index (χ3n) is 4.44.